The van der Waals surface area contributed by atoms with Crippen LogP contribution in [0.2, 0.25) is 0 Å². The summed E-state index contributed by atoms with van der Waals surface area (Å²) >= 11 is 3.62. The van der Waals surface area contributed by atoms with Crippen molar-refractivity contribution in [2.75, 3.05) is 25.0 Å². The van der Waals surface area contributed by atoms with Crippen molar-refractivity contribution in [2.24, 2.45) is 5.41 Å². The minimum atomic E-state index is 0.274. The third-order valence-corrected chi connectivity index (χ3v) is 4.54. The molecule has 3 heteroatoms. The lowest BCUT2D eigenvalue weighted by Gasteiger charge is -2.45. The van der Waals surface area contributed by atoms with Crippen molar-refractivity contribution < 1.29 is 5.11 Å². The van der Waals surface area contributed by atoms with Crippen molar-refractivity contribution in [3.05, 3.63) is 0 Å². The standard InChI is InChI=1S/C11H22BrNO/c1-10(2)13(6-7-14)9-11(8-12)4-3-5-11/h10,14H,3-9H2,1-2H3. The van der Waals surface area contributed by atoms with Crippen LogP contribution in [0.15, 0.2) is 0 Å². The Morgan fingerprint density at radius 2 is 2.07 bits per heavy atom. The van der Waals surface area contributed by atoms with Crippen LogP contribution in [0, 0.1) is 5.41 Å². The molecule has 0 spiro atoms. The zero-order chi connectivity index (χ0) is 10.6. The lowest BCUT2D eigenvalue weighted by Crippen LogP contribution is -2.47. The van der Waals surface area contributed by atoms with Crippen LogP contribution >= 0.6 is 15.9 Å². The van der Waals surface area contributed by atoms with Crippen LogP contribution in [-0.4, -0.2) is 41.1 Å². The first-order valence-corrected chi connectivity index (χ1v) is 6.66. The van der Waals surface area contributed by atoms with E-state index in [1.54, 1.807) is 0 Å². The van der Waals surface area contributed by atoms with Crippen LogP contribution < -0.4 is 0 Å². The van der Waals surface area contributed by atoms with Gasteiger partial charge in [0.1, 0.15) is 0 Å². The molecule has 0 atom stereocenters. The summed E-state index contributed by atoms with van der Waals surface area (Å²) < 4.78 is 0. The maximum absolute atomic E-state index is 8.99. The number of rotatable bonds is 6. The largest absolute Gasteiger partial charge is 0.395 e. The van der Waals surface area contributed by atoms with Crippen LogP contribution in [0.5, 0.6) is 0 Å². The van der Waals surface area contributed by atoms with E-state index in [2.05, 4.69) is 34.7 Å². The summed E-state index contributed by atoms with van der Waals surface area (Å²) in [5, 5.41) is 10.1. The van der Waals surface area contributed by atoms with Gasteiger partial charge in [-0.15, -0.1) is 0 Å². The third kappa shape index (κ3) is 2.94. The van der Waals surface area contributed by atoms with E-state index in [0.29, 0.717) is 11.5 Å². The smallest absolute Gasteiger partial charge is 0.0558 e. The van der Waals surface area contributed by atoms with Crippen molar-refractivity contribution in [2.45, 2.75) is 39.2 Å². The number of nitrogens with zero attached hydrogens (tertiary/aromatic N) is 1. The molecule has 0 unspecified atom stereocenters. The molecule has 0 saturated heterocycles. The first kappa shape index (κ1) is 12.5. The van der Waals surface area contributed by atoms with Crippen LogP contribution in [0.3, 0.4) is 0 Å². The molecule has 1 saturated carbocycles. The molecule has 0 radical (unpaired) electrons. The van der Waals surface area contributed by atoms with Crippen molar-refractivity contribution in [3.63, 3.8) is 0 Å². The topological polar surface area (TPSA) is 23.5 Å². The molecule has 0 aromatic carbocycles. The summed E-state index contributed by atoms with van der Waals surface area (Å²) in [7, 11) is 0. The van der Waals surface area contributed by atoms with Gasteiger partial charge in [0.25, 0.3) is 0 Å². The fourth-order valence-corrected chi connectivity index (χ4v) is 2.83. The van der Waals surface area contributed by atoms with E-state index < -0.39 is 0 Å². The fraction of sp³-hybridized carbons (Fsp3) is 1.00. The monoisotopic (exact) mass is 263 g/mol. The number of aliphatic hydroxyl groups excluding tert-OH is 1. The van der Waals surface area contributed by atoms with Gasteiger partial charge in [-0.2, -0.15) is 0 Å². The molecule has 2 nitrogen and oxygen atoms in total. The Kier molecular flexibility index (Phi) is 4.88. The second-order valence-corrected chi connectivity index (χ2v) is 5.34. The minimum Gasteiger partial charge on any atom is -0.395 e. The van der Waals surface area contributed by atoms with Gasteiger partial charge in [-0.25, -0.2) is 0 Å². The van der Waals surface area contributed by atoms with E-state index in [-0.39, 0.29) is 6.61 Å². The van der Waals surface area contributed by atoms with Gasteiger partial charge in [-0.05, 0) is 32.1 Å². The van der Waals surface area contributed by atoms with E-state index >= 15 is 0 Å². The molecule has 0 heterocycles. The Hall–Kier alpha value is 0.400. The van der Waals surface area contributed by atoms with Gasteiger partial charge in [-0.3, -0.25) is 4.90 Å². The van der Waals surface area contributed by atoms with E-state index in [1.165, 1.54) is 19.3 Å². The highest BCUT2D eigenvalue weighted by Crippen LogP contribution is 2.43. The molecule has 0 aliphatic heterocycles. The molecule has 1 aliphatic carbocycles. The highest BCUT2D eigenvalue weighted by Gasteiger charge is 2.37. The van der Waals surface area contributed by atoms with Crippen LogP contribution in [0.4, 0.5) is 0 Å². The van der Waals surface area contributed by atoms with Crippen molar-refractivity contribution in [1.29, 1.82) is 0 Å². The lowest BCUT2D eigenvalue weighted by atomic mass is 9.70. The van der Waals surface area contributed by atoms with E-state index in [4.69, 9.17) is 5.11 Å². The normalized spacial score (nSPS) is 20.1. The number of hydrogen-bond donors (Lipinski definition) is 1. The molecular formula is C11H22BrNO. The summed E-state index contributed by atoms with van der Waals surface area (Å²) in [4.78, 5) is 2.39. The summed E-state index contributed by atoms with van der Waals surface area (Å²) in [5.41, 5.74) is 0.499. The average molecular weight is 264 g/mol. The van der Waals surface area contributed by atoms with Crippen LogP contribution in [0.1, 0.15) is 33.1 Å². The highest BCUT2D eigenvalue weighted by molar-refractivity contribution is 9.09. The van der Waals surface area contributed by atoms with Crippen LogP contribution in [0.25, 0.3) is 0 Å². The highest BCUT2D eigenvalue weighted by atomic mass is 79.9. The molecular weight excluding hydrogens is 242 g/mol. The maximum atomic E-state index is 8.99. The van der Waals surface area contributed by atoms with Gasteiger partial charge in [-0.1, -0.05) is 22.4 Å². The quantitative estimate of drug-likeness (QED) is 0.744. The Bertz CT molecular complexity index is 163. The van der Waals surface area contributed by atoms with E-state index in [0.717, 1.165) is 18.4 Å². The van der Waals surface area contributed by atoms with Crippen molar-refractivity contribution in [3.8, 4) is 0 Å². The Morgan fingerprint density at radius 3 is 2.36 bits per heavy atom. The van der Waals surface area contributed by atoms with Gasteiger partial charge in [0.05, 0.1) is 6.61 Å². The third-order valence-electron chi connectivity index (χ3n) is 3.35. The number of hydrogen-bond acceptors (Lipinski definition) is 2. The SMILES string of the molecule is CC(C)N(CCO)CC1(CBr)CCC1. The van der Waals surface area contributed by atoms with Gasteiger partial charge >= 0.3 is 0 Å². The molecule has 1 fully saturated rings. The summed E-state index contributed by atoms with van der Waals surface area (Å²) in [6.07, 6.45) is 4.05. The first-order chi connectivity index (χ1) is 6.63. The lowest BCUT2D eigenvalue weighted by molar-refractivity contribution is 0.0614. The van der Waals surface area contributed by atoms with Crippen LogP contribution in [-0.2, 0) is 0 Å². The molecule has 1 rings (SSSR count). The summed E-state index contributed by atoms with van der Waals surface area (Å²) in [5.74, 6) is 0. The Morgan fingerprint density at radius 1 is 1.43 bits per heavy atom. The van der Waals surface area contributed by atoms with E-state index in [9.17, 15) is 0 Å². The number of halogens is 1. The zero-order valence-electron chi connectivity index (χ0n) is 9.30. The molecule has 14 heavy (non-hydrogen) atoms. The Labute approximate surface area is 95.8 Å². The summed E-state index contributed by atoms with van der Waals surface area (Å²) in [6, 6.07) is 0.540. The predicted molar refractivity (Wildman–Crippen MR) is 63.9 cm³/mol. The second kappa shape index (κ2) is 5.47. The minimum absolute atomic E-state index is 0.274. The number of aliphatic hydroxyl groups is 1. The molecule has 0 bridgehead atoms. The first-order valence-electron chi connectivity index (χ1n) is 5.54. The number of alkyl halides is 1. The molecule has 0 aromatic heterocycles. The molecule has 84 valence electrons. The van der Waals surface area contributed by atoms with E-state index in [1.807, 2.05) is 0 Å². The van der Waals surface area contributed by atoms with Crippen molar-refractivity contribution in [1.82, 2.24) is 4.90 Å². The molecule has 0 amide bonds. The Balaban J connectivity index is 2.44. The van der Waals surface area contributed by atoms with Gasteiger partial charge in [0, 0.05) is 24.5 Å². The van der Waals surface area contributed by atoms with Gasteiger partial charge in [0.15, 0.2) is 0 Å². The average Bonchev–Trinajstić information content (AvgIpc) is 2.09. The zero-order valence-corrected chi connectivity index (χ0v) is 10.9. The van der Waals surface area contributed by atoms with Gasteiger partial charge < -0.3 is 5.11 Å². The van der Waals surface area contributed by atoms with Gasteiger partial charge in [0.2, 0.25) is 0 Å². The molecule has 1 aliphatic rings. The molecule has 1 N–H and O–H groups in total. The summed E-state index contributed by atoms with van der Waals surface area (Å²) in [6.45, 7) is 6.63. The molecule has 0 aromatic rings. The maximum Gasteiger partial charge on any atom is 0.0558 e. The van der Waals surface area contributed by atoms with Crippen molar-refractivity contribution >= 4 is 15.9 Å². The predicted octanol–water partition coefficient (Wildman–Crippen LogP) is 2.25. The second-order valence-electron chi connectivity index (χ2n) is 4.78. The fourth-order valence-electron chi connectivity index (χ4n) is 2.09.